The van der Waals surface area contributed by atoms with Crippen LogP contribution in [0.5, 0.6) is 0 Å². The summed E-state index contributed by atoms with van der Waals surface area (Å²) in [6.07, 6.45) is 0.413. The quantitative estimate of drug-likeness (QED) is 0.344. The van der Waals surface area contributed by atoms with Crippen LogP contribution in [0.15, 0.2) is 0 Å². The lowest BCUT2D eigenvalue weighted by molar-refractivity contribution is -0.123. The van der Waals surface area contributed by atoms with Gasteiger partial charge in [0.2, 0.25) is 0 Å². The Balaban J connectivity index is 4.90. The number of carbonyl (C=O) groups excluding carboxylic acids is 5. The first-order valence-corrected chi connectivity index (χ1v) is 9.70. The van der Waals surface area contributed by atoms with Crippen LogP contribution in [0.4, 0.5) is 0 Å². The van der Waals surface area contributed by atoms with Gasteiger partial charge in [0.1, 0.15) is 28.9 Å². The Morgan fingerprint density at radius 1 is 0.500 bits per heavy atom. The van der Waals surface area contributed by atoms with E-state index in [1.54, 1.807) is 16.7 Å². The Kier molecular flexibility index (Phi) is 13.4. The molecule has 0 unspecified atom stereocenters. The maximum atomic E-state index is 11.8. The van der Waals surface area contributed by atoms with Crippen LogP contribution in [-0.4, -0.2) is 103 Å². The molecule has 0 aromatic heterocycles. The number of ketones is 5. The first-order chi connectivity index (χ1) is 13.0. The molecule has 0 radical (unpaired) electrons. The van der Waals surface area contributed by atoms with Crippen molar-refractivity contribution in [3.63, 3.8) is 0 Å². The van der Waals surface area contributed by atoms with Gasteiger partial charge in [-0.3, -0.25) is 38.7 Å². The highest BCUT2D eigenvalue weighted by Crippen LogP contribution is 1.99. The highest BCUT2D eigenvalue weighted by Gasteiger charge is 2.17. The van der Waals surface area contributed by atoms with Crippen molar-refractivity contribution in [3.8, 4) is 0 Å². The summed E-state index contributed by atoms with van der Waals surface area (Å²) in [7, 11) is 0. The lowest BCUT2D eigenvalue weighted by atomic mass is 10.2. The van der Waals surface area contributed by atoms with Gasteiger partial charge in [-0.1, -0.05) is 6.92 Å². The van der Waals surface area contributed by atoms with E-state index >= 15 is 0 Å². The smallest absolute Gasteiger partial charge is 0.146 e. The second-order valence-electron chi connectivity index (χ2n) is 7.40. The van der Waals surface area contributed by atoms with Crippen molar-refractivity contribution in [1.29, 1.82) is 0 Å². The predicted molar refractivity (Wildman–Crippen MR) is 107 cm³/mol. The zero-order chi connectivity index (χ0) is 21.7. The molecule has 28 heavy (non-hydrogen) atoms. The molecule has 0 rings (SSSR count). The van der Waals surface area contributed by atoms with Crippen molar-refractivity contribution in [2.75, 3.05) is 58.9 Å². The maximum Gasteiger partial charge on any atom is 0.146 e. The molecule has 0 saturated heterocycles. The van der Waals surface area contributed by atoms with E-state index in [4.69, 9.17) is 0 Å². The van der Waals surface area contributed by atoms with Crippen molar-refractivity contribution < 1.29 is 24.0 Å². The minimum absolute atomic E-state index is 0.00689. The van der Waals surface area contributed by atoms with Crippen LogP contribution in [0.3, 0.4) is 0 Å². The molecule has 0 aliphatic heterocycles. The number of rotatable bonds is 17. The topological polar surface area (TPSA) is 95.1 Å². The van der Waals surface area contributed by atoms with Gasteiger partial charge in [0.25, 0.3) is 0 Å². The average molecular weight is 398 g/mol. The fourth-order valence-corrected chi connectivity index (χ4v) is 2.88. The van der Waals surface area contributed by atoms with Crippen LogP contribution < -0.4 is 0 Å². The normalized spacial score (nSPS) is 11.3. The molecule has 0 aliphatic carbocycles. The third-order valence-corrected chi connectivity index (χ3v) is 4.04. The Labute approximate surface area is 168 Å². The molecule has 0 aromatic rings. The van der Waals surface area contributed by atoms with Crippen molar-refractivity contribution in [1.82, 2.24) is 14.7 Å². The van der Waals surface area contributed by atoms with Gasteiger partial charge in [0, 0.05) is 32.6 Å². The van der Waals surface area contributed by atoms with Crippen molar-refractivity contribution in [2.45, 2.75) is 41.0 Å². The highest BCUT2D eigenvalue weighted by molar-refractivity contribution is 5.82. The fraction of sp³-hybridized carbons (Fsp3) is 0.750. The van der Waals surface area contributed by atoms with Gasteiger partial charge < -0.3 is 0 Å². The van der Waals surface area contributed by atoms with E-state index in [9.17, 15) is 24.0 Å². The first kappa shape index (κ1) is 26.2. The van der Waals surface area contributed by atoms with Crippen LogP contribution in [0.2, 0.25) is 0 Å². The van der Waals surface area contributed by atoms with Crippen LogP contribution in [0, 0.1) is 0 Å². The summed E-state index contributed by atoms with van der Waals surface area (Å²) < 4.78 is 0. The molecular weight excluding hydrogens is 362 g/mol. The SMILES string of the molecule is CCC(=O)CN(CCN(CCN(CC(C)=O)CC(C)=O)CC(C)=O)CC(C)=O. The number of hydrogen-bond acceptors (Lipinski definition) is 8. The molecule has 0 bridgehead atoms. The Bertz CT molecular complexity index is 546. The third kappa shape index (κ3) is 14.3. The summed E-state index contributed by atoms with van der Waals surface area (Å²) in [6.45, 7) is 10.7. The van der Waals surface area contributed by atoms with Crippen molar-refractivity contribution >= 4 is 28.9 Å². The van der Waals surface area contributed by atoms with Crippen molar-refractivity contribution in [3.05, 3.63) is 0 Å². The fourth-order valence-electron chi connectivity index (χ4n) is 2.88. The highest BCUT2D eigenvalue weighted by atomic mass is 16.1. The van der Waals surface area contributed by atoms with E-state index in [1.165, 1.54) is 27.7 Å². The van der Waals surface area contributed by atoms with Crippen LogP contribution >= 0.6 is 0 Å². The maximum absolute atomic E-state index is 11.8. The zero-order valence-corrected chi connectivity index (χ0v) is 18.0. The number of carbonyl (C=O) groups is 5. The van der Waals surface area contributed by atoms with E-state index in [-0.39, 0.29) is 61.6 Å². The predicted octanol–water partition coefficient (Wildman–Crippen LogP) is 0.228. The average Bonchev–Trinajstić information content (AvgIpc) is 2.54. The molecule has 0 atom stereocenters. The monoisotopic (exact) mass is 397 g/mol. The second-order valence-corrected chi connectivity index (χ2v) is 7.40. The van der Waals surface area contributed by atoms with E-state index in [2.05, 4.69) is 0 Å². The van der Waals surface area contributed by atoms with Crippen molar-refractivity contribution in [2.24, 2.45) is 0 Å². The molecule has 0 aromatic carbocycles. The molecule has 0 aliphatic rings. The number of Topliss-reactive ketones (excluding diaryl/α,β-unsaturated/α-hetero) is 5. The summed E-state index contributed by atoms with van der Waals surface area (Å²) in [5, 5.41) is 0. The zero-order valence-electron chi connectivity index (χ0n) is 18.0. The molecule has 0 heterocycles. The summed E-state index contributed by atoms with van der Waals surface area (Å²) in [6, 6.07) is 0. The minimum atomic E-state index is -0.0231. The van der Waals surface area contributed by atoms with Gasteiger partial charge >= 0.3 is 0 Å². The molecule has 0 fully saturated rings. The molecule has 8 nitrogen and oxygen atoms in total. The number of nitrogens with zero attached hydrogens (tertiary/aromatic N) is 3. The summed E-state index contributed by atoms with van der Waals surface area (Å²) in [5.41, 5.74) is 0. The molecule has 0 N–H and O–H groups in total. The van der Waals surface area contributed by atoms with Gasteiger partial charge in [-0.05, 0) is 27.7 Å². The second kappa shape index (κ2) is 14.3. The first-order valence-electron chi connectivity index (χ1n) is 9.70. The Hall–Kier alpha value is -1.77. The van der Waals surface area contributed by atoms with E-state index in [0.29, 0.717) is 32.6 Å². The van der Waals surface area contributed by atoms with Gasteiger partial charge in [-0.15, -0.1) is 0 Å². The molecule has 0 amide bonds. The summed E-state index contributed by atoms with van der Waals surface area (Å²) in [4.78, 5) is 63.2. The Morgan fingerprint density at radius 2 is 0.786 bits per heavy atom. The van der Waals surface area contributed by atoms with E-state index in [0.717, 1.165) is 0 Å². The molecular formula is C20H35N3O5. The minimum Gasteiger partial charge on any atom is -0.299 e. The van der Waals surface area contributed by atoms with Gasteiger partial charge in [-0.25, -0.2) is 0 Å². The van der Waals surface area contributed by atoms with E-state index in [1.807, 2.05) is 4.90 Å². The number of hydrogen-bond donors (Lipinski definition) is 0. The van der Waals surface area contributed by atoms with Gasteiger partial charge in [0.05, 0.1) is 32.7 Å². The van der Waals surface area contributed by atoms with Crippen LogP contribution in [0.1, 0.15) is 41.0 Å². The standard InChI is InChI=1S/C20H35N3O5/c1-6-20(28)15-23(14-19(5)27)10-8-21(11-16(2)24)7-9-22(12-17(3)25)13-18(4)26/h6-15H2,1-5H3. The van der Waals surface area contributed by atoms with Crippen LogP contribution in [0.25, 0.3) is 0 Å². The largest absolute Gasteiger partial charge is 0.299 e. The third-order valence-electron chi connectivity index (χ3n) is 4.04. The molecule has 160 valence electrons. The lowest BCUT2D eigenvalue weighted by Crippen LogP contribution is -2.44. The summed E-state index contributed by atoms with van der Waals surface area (Å²) >= 11 is 0. The summed E-state index contributed by atoms with van der Waals surface area (Å²) in [5.74, 6) is 0.00664. The van der Waals surface area contributed by atoms with Gasteiger partial charge in [0.15, 0.2) is 0 Å². The molecule has 8 heteroatoms. The van der Waals surface area contributed by atoms with E-state index < -0.39 is 0 Å². The molecule has 0 saturated carbocycles. The molecule has 0 spiro atoms. The Morgan fingerprint density at radius 3 is 1.11 bits per heavy atom. The van der Waals surface area contributed by atoms with Gasteiger partial charge in [-0.2, -0.15) is 0 Å². The van der Waals surface area contributed by atoms with Crippen LogP contribution in [-0.2, 0) is 24.0 Å². The lowest BCUT2D eigenvalue weighted by Gasteiger charge is -2.28.